The summed E-state index contributed by atoms with van der Waals surface area (Å²) in [7, 11) is -4.92. The molecule has 7 N–H and O–H groups in total. The first-order valence-electron chi connectivity index (χ1n) is 18.0. The fourth-order valence-corrected chi connectivity index (χ4v) is 6.51. The molecule has 0 fully saturated rings. The van der Waals surface area contributed by atoms with Gasteiger partial charge in [0.15, 0.2) is 22.7 Å². The van der Waals surface area contributed by atoms with Crippen molar-refractivity contribution in [2.45, 2.75) is 35.1 Å². The van der Waals surface area contributed by atoms with Crippen LogP contribution in [0.3, 0.4) is 0 Å². The molecule has 1 atom stereocenters. The van der Waals surface area contributed by atoms with E-state index in [4.69, 9.17) is 61.8 Å². The van der Waals surface area contributed by atoms with Crippen molar-refractivity contribution in [2.75, 3.05) is 37.6 Å². The van der Waals surface area contributed by atoms with Gasteiger partial charge in [-0.3, -0.25) is 4.55 Å². The largest absolute Gasteiger partial charge is 1.00 e. The molecule has 0 saturated heterocycles. The first-order chi connectivity index (χ1) is 27.7. The molecule has 0 bridgehead atoms. The van der Waals surface area contributed by atoms with E-state index < -0.39 is 21.8 Å². The molecular weight excluding hydrogens is 824 g/mol. The summed E-state index contributed by atoms with van der Waals surface area (Å²) in [5, 5.41) is 14.9. The number of hydrogen-bond donors (Lipinski definition) is 3. The molecule has 20 heteroatoms. The summed E-state index contributed by atoms with van der Waals surface area (Å²) in [6, 6.07) is 32.2. The van der Waals surface area contributed by atoms with E-state index in [0.29, 0.717) is 11.4 Å². The van der Waals surface area contributed by atoms with E-state index in [2.05, 4.69) is 65.4 Å². The van der Waals surface area contributed by atoms with Crippen molar-refractivity contribution in [3.63, 3.8) is 0 Å². The molecule has 0 radical (unpaired) electrons. The first-order valence-corrected chi connectivity index (χ1v) is 20.3. The average Bonchev–Trinajstić information content (AvgIpc) is 3.20. The maximum atomic E-state index is 8.83. The number of hydrogen-bond acceptors (Lipinski definition) is 13. The smallest absolute Gasteiger partial charge is 0.750 e. The van der Waals surface area contributed by atoms with Gasteiger partial charge in [-0.05, 0) is 39.8 Å². The van der Waals surface area contributed by atoms with Gasteiger partial charge in [0.05, 0.1) is 23.5 Å². The number of aromatic nitrogens is 2. The summed E-state index contributed by atoms with van der Waals surface area (Å²) < 4.78 is 69.8. The Kier molecular flexibility index (Phi) is 19.6. The monoisotopic (exact) mass is 870 g/mol. The predicted molar refractivity (Wildman–Crippen MR) is 230 cm³/mol. The molecule has 2 aliphatic carbocycles. The van der Waals surface area contributed by atoms with Crippen LogP contribution in [0, 0.1) is 0 Å². The van der Waals surface area contributed by atoms with Crippen molar-refractivity contribution in [1.82, 2.24) is 19.1 Å². The van der Waals surface area contributed by atoms with Crippen LogP contribution in [-0.2, 0) is 26.1 Å². The summed E-state index contributed by atoms with van der Waals surface area (Å²) in [6.45, 7) is 12.4. The van der Waals surface area contributed by atoms with Gasteiger partial charge in [0, 0.05) is 57.2 Å². The number of fused-ring (bicyclic) bond motifs is 8. The Labute approximate surface area is 366 Å². The molecule has 0 saturated carbocycles. The Morgan fingerprint density at radius 3 is 1.30 bits per heavy atom. The van der Waals surface area contributed by atoms with Crippen LogP contribution >= 0.6 is 0 Å². The second kappa shape index (κ2) is 23.1. The molecule has 4 aromatic carbocycles. The van der Waals surface area contributed by atoms with Crippen LogP contribution in [-0.4, -0.2) is 67.9 Å². The molecule has 0 amide bonds. The topological polar surface area (TPSA) is 291 Å². The van der Waals surface area contributed by atoms with E-state index in [1.54, 1.807) is 0 Å². The minimum absolute atomic E-state index is 0. The third-order valence-corrected chi connectivity index (χ3v) is 9.24. The summed E-state index contributed by atoms with van der Waals surface area (Å²) in [6.07, 6.45) is 0. The maximum absolute atomic E-state index is 8.83. The number of benzene rings is 6. The molecule has 17 nitrogen and oxygen atoms in total. The Morgan fingerprint density at radius 2 is 1.00 bits per heavy atom. The van der Waals surface area contributed by atoms with Crippen molar-refractivity contribution in [3.8, 4) is 22.9 Å². The van der Waals surface area contributed by atoms with Gasteiger partial charge >= 0.3 is 18.9 Å². The van der Waals surface area contributed by atoms with Crippen LogP contribution in [0.5, 0.6) is 0 Å². The average molecular weight is 871 g/mol. The number of nitrogens with zero attached hydrogens (tertiary/aromatic N) is 4. The SMILES string of the molecule is C.CC[N+](CC)=c1ccc2nc3c(cc(N)c4ccccc43)oc-2c1.CC[N+](CC)=c1ccc2nc3c(cc(N)c4ccccc43)oc-2c1.O.O=S(=O)([O-])O.O=S([O-])O[O-].[Li+]. The Bertz CT molecular complexity index is 2760. The summed E-state index contributed by atoms with van der Waals surface area (Å²) in [5.74, 6) is 1.56. The first kappa shape index (κ1) is 51.8. The second-order valence-electron chi connectivity index (χ2n) is 12.5. The van der Waals surface area contributed by atoms with Crippen LogP contribution in [0.1, 0.15) is 35.1 Å². The third kappa shape index (κ3) is 12.9. The van der Waals surface area contributed by atoms with Gasteiger partial charge in [0.1, 0.15) is 48.6 Å². The fourth-order valence-electron chi connectivity index (χ4n) is 6.51. The van der Waals surface area contributed by atoms with Crippen molar-refractivity contribution >= 4 is 76.9 Å². The van der Waals surface area contributed by atoms with Crippen molar-refractivity contribution in [2.24, 2.45) is 0 Å². The van der Waals surface area contributed by atoms with Gasteiger partial charge in [-0.2, -0.15) is 0 Å². The van der Waals surface area contributed by atoms with E-state index in [1.807, 2.05) is 72.8 Å². The number of rotatable bonds is 5. The van der Waals surface area contributed by atoms with Crippen LogP contribution in [0.4, 0.5) is 11.4 Å². The number of nitrogens with two attached hydrogens (primary N) is 2. The van der Waals surface area contributed by atoms with Gasteiger partial charge in [0.2, 0.25) is 21.1 Å². The zero-order valence-electron chi connectivity index (χ0n) is 33.4. The maximum Gasteiger partial charge on any atom is 1.00 e. The van der Waals surface area contributed by atoms with Crippen molar-refractivity contribution in [1.29, 1.82) is 0 Å². The zero-order valence-corrected chi connectivity index (χ0v) is 35.1. The molecule has 0 aromatic heterocycles. The molecular formula is C41H47LiN6O11S2. The van der Waals surface area contributed by atoms with Gasteiger partial charge in [-0.25, -0.2) is 31.7 Å². The summed E-state index contributed by atoms with van der Waals surface area (Å²) >= 11 is -2.88. The van der Waals surface area contributed by atoms with Gasteiger partial charge in [-0.1, -0.05) is 56.0 Å². The minimum atomic E-state index is -4.92. The van der Waals surface area contributed by atoms with E-state index in [0.717, 1.165) is 104 Å². The summed E-state index contributed by atoms with van der Waals surface area (Å²) in [4.78, 5) is 9.66. The van der Waals surface area contributed by atoms with Crippen LogP contribution in [0.25, 0.3) is 66.7 Å². The van der Waals surface area contributed by atoms with E-state index in [-0.39, 0.29) is 31.8 Å². The van der Waals surface area contributed by atoms with Crippen molar-refractivity contribution < 1.29 is 69.0 Å². The van der Waals surface area contributed by atoms with Gasteiger partial charge in [0.25, 0.3) is 0 Å². The molecule has 2 aliphatic heterocycles. The van der Waals surface area contributed by atoms with E-state index in [9.17, 15) is 0 Å². The predicted octanol–water partition coefficient (Wildman–Crippen LogP) is 0.852. The van der Waals surface area contributed by atoms with Crippen LogP contribution in [0.15, 0.2) is 106 Å². The molecule has 2 heterocycles. The number of nitrogen functional groups attached to an aromatic ring is 2. The van der Waals surface area contributed by atoms with Crippen LogP contribution in [0.2, 0.25) is 0 Å². The Morgan fingerprint density at radius 1 is 0.689 bits per heavy atom. The van der Waals surface area contributed by atoms with E-state index >= 15 is 0 Å². The van der Waals surface area contributed by atoms with Crippen LogP contribution < -0.4 is 55.5 Å². The van der Waals surface area contributed by atoms with Gasteiger partial charge < -0.3 is 44.5 Å². The third-order valence-electron chi connectivity index (χ3n) is 9.13. The number of anilines is 2. The second-order valence-corrected chi connectivity index (χ2v) is 13.9. The van der Waals surface area contributed by atoms with E-state index in [1.165, 1.54) is 0 Å². The minimum Gasteiger partial charge on any atom is -0.750 e. The fraction of sp³-hybridized carbons (Fsp3) is 0.220. The summed E-state index contributed by atoms with van der Waals surface area (Å²) in [5.41, 5.74) is 18.7. The standard InChI is InChI=1S/2C20H19N3O.CH4.Li.2H2O4S.H2O/c2*1-3-23(4-2)13-9-10-17-18(11-13)24-19-12-16(21)14-7-5-6-8-15(14)20(19)22-17;;;1-5(2,3)4;1-4-5(2)3;/h2*5-12,21H,3-4H2,1-2H3;1H4;;(H2,1,2,3,4);1H,(H,2,3);1H2/q;;;+1;;;/p-1. The Hall–Kier alpha value is -5.30. The molecule has 1 unspecified atom stereocenters. The quantitative estimate of drug-likeness (QED) is 0.0207. The molecule has 320 valence electrons. The molecule has 4 aliphatic rings. The molecule has 4 aromatic rings. The molecule has 8 rings (SSSR count). The normalized spacial score (nSPS) is 11.1. The molecule has 61 heavy (non-hydrogen) atoms. The Balaban J connectivity index is 0.000000331. The molecule has 0 spiro atoms. The van der Waals surface area contributed by atoms with Gasteiger partial charge in [-0.15, -0.1) is 0 Å². The zero-order chi connectivity index (χ0) is 42.1. The van der Waals surface area contributed by atoms with Crippen molar-refractivity contribution in [3.05, 3.63) is 108 Å².